The van der Waals surface area contributed by atoms with Crippen molar-refractivity contribution in [3.63, 3.8) is 0 Å². The third kappa shape index (κ3) is 4.14. The van der Waals surface area contributed by atoms with E-state index in [0.717, 1.165) is 42.5 Å². The first-order valence-corrected chi connectivity index (χ1v) is 9.38. The van der Waals surface area contributed by atoms with Crippen LogP contribution in [0.2, 0.25) is 0 Å². The number of benzene rings is 2. The lowest BCUT2D eigenvalue weighted by Crippen LogP contribution is -2.43. The molecule has 1 N–H and O–H groups in total. The van der Waals surface area contributed by atoms with Gasteiger partial charge in [0.15, 0.2) is 5.76 Å². The van der Waals surface area contributed by atoms with Crippen molar-refractivity contribution in [2.75, 3.05) is 20.1 Å². The molecule has 2 aromatic carbocycles. The maximum atomic E-state index is 12.4. The van der Waals surface area contributed by atoms with E-state index in [9.17, 15) is 4.79 Å². The molecule has 0 bridgehead atoms. The zero-order valence-corrected chi connectivity index (χ0v) is 15.5. The number of ether oxygens (including phenoxy) is 1. The number of likely N-dealkylation sites (tertiary alicyclic amines) is 1. The van der Waals surface area contributed by atoms with Gasteiger partial charge in [0.25, 0.3) is 5.91 Å². The Morgan fingerprint density at radius 1 is 1.11 bits per heavy atom. The molecule has 0 unspecified atom stereocenters. The maximum Gasteiger partial charge on any atom is 0.287 e. The van der Waals surface area contributed by atoms with Gasteiger partial charge in [-0.15, -0.1) is 0 Å². The van der Waals surface area contributed by atoms with Crippen LogP contribution in [0, 0.1) is 0 Å². The summed E-state index contributed by atoms with van der Waals surface area (Å²) in [5.74, 6) is 1.63. The Hall–Kier alpha value is -2.79. The van der Waals surface area contributed by atoms with E-state index in [0.29, 0.717) is 11.5 Å². The van der Waals surface area contributed by atoms with E-state index in [-0.39, 0.29) is 18.6 Å². The van der Waals surface area contributed by atoms with Crippen molar-refractivity contribution >= 4 is 16.7 Å². The zero-order valence-electron chi connectivity index (χ0n) is 15.5. The quantitative estimate of drug-likeness (QED) is 0.747. The fraction of sp³-hybridized carbons (Fsp3) is 0.318. The first-order chi connectivity index (χ1) is 13.2. The molecule has 1 aliphatic heterocycles. The van der Waals surface area contributed by atoms with Crippen molar-refractivity contribution in [2.24, 2.45) is 0 Å². The summed E-state index contributed by atoms with van der Waals surface area (Å²) < 4.78 is 11.6. The van der Waals surface area contributed by atoms with Crippen molar-refractivity contribution < 1.29 is 13.9 Å². The predicted molar refractivity (Wildman–Crippen MR) is 105 cm³/mol. The lowest BCUT2D eigenvalue weighted by molar-refractivity contribution is 0.0884. The summed E-state index contributed by atoms with van der Waals surface area (Å²) in [6.07, 6.45) is 1.94. The van der Waals surface area contributed by atoms with Gasteiger partial charge in [-0.1, -0.05) is 36.4 Å². The number of amides is 1. The van der Waals surface area contributed by atoms with E-state index >= 15 is 0 Å². The van der Waals surface area contributed by atoms with Crippen LogP contribution in [-0.4, -0.2) is 37.0 Å². The number of nitrogens with zero attached hydrogens (tertiary/aromatic N) is 1. The van der Waals surface area contributed by atoms with Gasteiger partial charge in [-0.3, -0.25) is 4.79 Å². The number of hydrogen-bond acceptors (Lipinski definition) is 4. The molecule has 1 aromatic heterocycles. The summed E-state index contributed by atoms with van der Waals surface area (Å²) in [5.41, 5.74) is 0. The molecule has 1 aliphatic rings. The number of furan rings is 1. The fourth-order valence-electron chi connectivity index (χ4n) is 3.46. The number of rotatable bonds is 5. The van der Waals surface area contributed by atoms with Gasteiger partial charge in [-0.25, -0.2) is 0 Å². The Kier molecular flexibility index (Phi) is 5.12. The van der Waals surface area contributed by atoms with Crippen LogP contribution >= 0.6 is 0 Å². The molecule has 2 heterocycles. The largest absolute Gasteiger partial charge is 0.485 e. The van der Waals surface area contributed by atoms with Gasteiger partial charge in [0.1, 0.15) is 18.1 Å². The minimum Gasteiger partial charge on any atom is -0.485 e. The Balaban J connectivity index is 1.37. The second-order valence-corrected chi connectivity index (χ2v) is 7.08. The van der Waals surface area contributed by atoms with Gasteiger partial charge in [0, 0.05) is 11.4 Å². The molecule has 140 valence electrons. The smallest absolute Gasteiger partial charge is 0.287 e. The average molecular weight is 364 g/mol. The van der Waals surface area contributed by atoms with Crippen LogP contribution in [-0.2, 0) is 6.61 Å². The molecule has 5 nitrogen and oxygen atoms in total. The molecule has 0 aliphatic carbocycles. The molecule has 0 atom stereocenters. The predicted octanol–water partition coefficient (Wildman–Crippen LogP) is 3.84. The minimum absolute atomic E-state index is 0.152. The number of fused-ring (bicyclic) bond motifs is 1. The summed E-state index contributed by atoms with van der Waals surface area (Å²) >= 11 is 0. The van der Waals surface area contributed by atoms with Crippen molar-refractivity contribution in [1.29, 1.82) is 0 Å². The number of nitrogens with one attached hydrogen (secondary N) is 1. The van der Waals surface area contributed by atoms with Crippen LogP contribution in [0.15, 0.2) is 59.0 Å². The highest BCUT2D eigenvalue weighted by atomic mass is 16.5. The molecule has 0 radical (unpaired) electrons. The van der Waals surface area contributed by atoms with Gasteiger partial charge in [0.05, 0.1) is 0 Å². The molecule has 4 rings (SSSR count). The number of carbonyl (C=O) groups excluding carboxylic acids is 1. The molecule has 1 amide bonds. The molecule has 1 fully saturated rings. The highest BCUT2D eigenvalue weighted by Crippen LogP contribution is 2.26. The van der Waals surface area contributed by atoms with E-state index in [1.54, 1.807) is 12.1 Å². The van der Waals surface area contributed by atoms with Crippen molar-refractivity contribution in [2.45, 2.75) is 25.5 Å². The molecule has 0 saturated carbocycles. The SMILES string of the molecule is CN1CCC(NC(=O)c2ccc(COc3cccc4ccccc34)o2)CC1. The third-order valence-electron chi connectivity index (χ3n) is 5.06. The van der Waals surface area contributed by atoms with E-state index in [1.165, 1.54) is 0 Å². The number of hydrogen-bond donors (Lipinski definition) is 1. The first-order valence-electron chi connectivity index (χ1n) is 9.38. The summed E-state index contributed by atoms with van der Waals surface area (Å²) in [4.78, 5) is 14.7. The maximum absolute atomic E-state index is 12.4. The lowest BCUT2D eigenvalue weighted by atomic mass is 10.1. The monoisotopic (exact) mass is 364 g/mol. The normalized spacial score (nSPS) is 15.7. The standard InChI is InChI=1S/C22H24N2O3/c1-24-13-11-17(12-14-24)23-22(25)21-10-9-18(27-21)15-26-20-8-4-6-16-5-2-3-7-19(16)20/h2-10,17H,11-15H2,1H3,(H,23,25). The molecular weight excluding hydrogens is 340 g/mol. The van der Waals surface area contributed by atoms with Crippen LogP contribution < -0.4 is 10.1 Å². The zero-order chi connectivity index (χ0) is 18.6. The van der Waals surface area contributed by atoms with Crippen molar-refractivity contribution in [3.05, 3.63) is 66.1 Å². The topological polar surface area (TPSA) is 54.7 Å². The highest BCUT2D eigenvalue weighted by molar-refractivity contribution is 5.91. The highest BCUT2D eigenvalue weighted by Gasteiger charge is 2.20. The fourth-order valence-corrected chi connectivity index (χ4v) is 3.46. The van der Waals surface area contributed by atoms with Gasteiger partial charge in [-0.05, 0) is 56.6 Å². The molecule has 3 aromatic rings. The Labute approximate surface area is 158 Å². The summed E-state index contributed by atoms with van der Waals surface area (Å²) in [6.45, 7) is 2.30. The molecular formula is C22H24N2O3. The van der Waals surface area contributed by atoms with E-state index in [1.807, 2.05) is 30.3 Å². The second-order valence-electron chi connectivity index (χ2n) is 7.08. The third-order valence-corrected chi connectivity index (χ3v) is 5.06. The van der Waals surface area contributed by atoms with E-state index in [2.05, 4.69) is 29.4 Å². The van der Waals surface area contributed by atoms with Crippen LogP contribution in [0.3, 0.4) is 0 Å². The number of piperidine rings is 1. The summed E-state index contributed by atoms with van der Waals surface area (Å²) in [6, 6.07) is 17.8. The number of carbonyl (C=O) groups is 1. The Bertz CT molecular complexity index is 921. The van der Waals surface area contributed by atoms with E-state index < -0.39 is 0 Å². The van der Waals surface area contributed by atoms with Crippen molar-refractivity contribution in [3.8, 4) is 5.75 Å². The van der Waals surface area contributed by atoms with Gasteiger partial charge >= 0.3 is 0 Å². The molecule has 27 heavy (non-hydrogen) atoms. The summed E-state index contributed by atoms with van der Waals surface area (Å²) in [7, 11) is 2.10. The molecule has 1 saturated heterocycles. The van der Waals surface area contributed by atoms with Crippen molar-refractivity contribution in [1.82, 2.24) is 10.2 Å². The van der Waals surface area contributed by atoms with E-state index in [4.69, 9.17) is 9.15 Å². The second kappa shape index (κ2) is 7.84. The van der Waals surface area contributed by atoms with Gasteiger partial charge in [-0.2, -0.15) is 0 Å². The molecule has 5 heteroatoms. The van der Waals surface area contributed by atoms with Crippen LogP contribution in [0.1, 0.15) is 29.2 Å². The van der Waals surface area contributed by atoms with Crippen LogP contribution in [0.4, 0.5) is 0 Å². The van der Waals surface area contributed by atoms with Crippen LogP contribution in [0.25, 0.3) is 10.8 Å². The Morgan fingerprint density at radius 3 is 2.74 bits per heavy atom. The average Bonchev–Trinajstić information content (AvgIpc) is 3.17. The van der Waals surface area contributed by atoms with Crippen LogP contribution in [0.5, 0.6) is 5.75 Å². The Morgan fingerprint density at radius 2 is 1.89 bits per heavy atom. The lowest BCUT2D eigenvalue weighted by Gasteiger charge is -2.29. The summed E-state index contributed by atoms with van der Waals surface area (Å²) in [5, 5.41) is 5.26. The molecule has 0 spiro atoms. The minimum atomic E-state index is -0.152. The van der Waals surface area contributed by atoms with Gasteiger partial charge in [0.2, 0.25) is 0 Å². The first kappa shape index (κ1) is 17.6. The van der Waals surface area contributed by atoms with Gasteiger partial charge < -0.3 is 19.4 Å².